The highest BCUT2D eigenvalue weighted by Crippen LogP contribution is 2.18. The van der Waals surface area contributed by atoms with Crippen LogP contribution < -0.4 is 24.8 Å². The van der Waals surface area contributed by atoms with Crippen molar-refractivity contribution in [3.63, 3.8) is 0 Å². The molecule has 2 aromatic carbocycles. The van der Waals surface area contributed by atoms with Crippen molar-refractivity contribution in [3.8, 4) is 17.5 Å². The Morgan fingerprint density at radius 1 is 1.23 bits per heavy atom. The Labute approximate surface area is 178 Å². The molecule has 0 radical (unpaired) electrons. The number of thiazole rings is 1. The molecule has 0 atom stereocenters. The maximum Gasteiger partial charge on any atom is 0.273 e. The summed E-state index contributed by atoms with van der Waals surface area (Å²) in [5.74, 6) is 0.0912. The average molecular weight is 420 g/mol. The third-order valence-corrected chi connectivity index (χ3v) is 5.73. The second-order valence-corrected chi connectivity index (χ2v) is 7.38. The Hall–Kier alpha value is -3.63. The zero-order chi connectivity index (χ0) is 21.7. The molecule has 0 aliphatic heterocycles. The van der Waals surface area contributed by atoms with Crippen molar-refractivity contribution in [1.82, 2.24) is 9.88 Å². The molecular formula is C23H21N3O3S. The van der Waals surface area contributed by atoms with Crippen LogP contribution in [0, 0.1) is 11.3 Å². The summed E-state index contributed by atoms with van der Waals surface area (Å²) in [5.41, 5.74) is 1.94. The van der Waals surface area contributed by atoms with Gasteiger partial charge in [0.25, 0.3) is 11.5 Å². The van der Waals surface area contributed by atoms with Crippen molar-refractivity contribution in [2.45, 2.75) is 13.3 Å². The summed E-state index contributed by atoms with van der Waals surface area (Å²) in [6.45, 7) is 1.99. The minimum Gasteiger partial charge on any atom is -0.496 e. The number of carbonyl (C=O) groups excluding carboxylic acids is 1. The third-order valence-electron chi connectivity index (χ3n) is 4.64. The first-order valence-corrected chi connectivity index (χ1v) is 10.2. The zero-order valence-corrected chi connectivity index (χ0v) is 17.7. The van der Waals surface area contributed by atoms with E-state index in [4.69, 9.17) is 4.74 Å². The fourth-order valence-electron chi connectivity index (χ4n) is 3.14. The normalized spacial score (nSPS) is 12.3. The number of rotatable bonds is 5. The SMILES string of the molecule is CCc1ccccc1-n1c(=O)/c(=C\c2ccccc2OC)s/c1=C(/C#N)C(=O)NC. The van der Waals surface area contributed by atoms with Crippen LogP contribution in [0.15, 0.2) is 53.3 Å². The van der Waals surface area contributed by atoms with Gasteiger partial charge in [0.05, 0.1) is 17.3 Å². The van der Waals surface area contributed by atoms with Gasteiger partial charge in [-0.1, -0.05) is 43.3 Å². The van der Waals surface area contributed by atoms with Gasteiger partial charge in [-0.15, -0.1) is 11.3 Å². The highest BCUT2D eigenvalue weighted by Gasteiger charge is 2.17. The van der Waals surface area contributed by atoms with Gasteiger partial charge in [0.15, 0.2) is 5.57 Å². The highest BCUT2D eigenvalue weighted by atomic mass is 32.1. The summed E-state index contributed by atoms with van der Waals surface area (Å²) in [4.78, 5) is 25.8. The Kier molecular flexibility index (Phi) is 6.50. The Morgan fingerprint density at radius 3 is 2.60 bits per heavy atom. The summed E-state index contributed by atoms with van der Waals surface area (Å²) in [7, 11) is 3.02. The Bertz CT molecular complexity index is 1310. The number of nitriles is 1. The number of hydrogen-bond acceptors (Lipinski definition) is 5. The van der Waals surface area contributed by atoms with Gasteiger partial charge in [-0.25, -0.2) is 0 Å². The molecule has 1 amide bonds. The largest absolute Gasteiger partial charge is 0.496 e. The summed E-state index contributed by atoms with van der Waals surface area (Å²) in [6, 6.07) is 16.8. The van der Waals surface area contributed by atoms with E-state index < -0.39 is 5.91 Å². The number of nitrogens with zero attached hydrogens (tertiary/aromatic N) is 2. The van der Waals surface area contributed by atoms with Crippen molar-refractivity contribution in [3.05, 3.63) is 79.2 Å². The molecule has 152 valence electrons. The molecule has 1 aromatic heterocycles. The number of benzene rings is 2. The quantitative estimate of drug-likeness (QED) is 0.683. The number of amides is 1. The van der Waals surface area contributed by atoms with Crippen LogP contribution in [0.4, 0.5) is 0 Å². The number of carbonyl (C=O) groups is 1. The highest BCUT2D eigenvalue weighted by molar-refractivity contribution is 7.07. The minimum absolute atomic E-state index is 0.106. The van der Waals surface area contributed by atoms with Crippen LogP contribution in [0.5, 0.6) is 5.75 Å². The molecule has 0 spiro atoms. The van der Waals surface area contributed by atoms with Gasteiger partial charge in [-0.05, 0) is 30.2 Å². The molecule has 7 heteroatoms. The average Bonchev–Trinajstić information content (AvgIpc) is 3.09. The van der Waals surface area contributed by atoms with Gasteiger partial charge in [0.1, 0.15) is 16.5 Å². The van der Waals surface area contributed by atoms with E-state index in [2.05, 4.69) is 5.32 Å². The van der Waals surface area contributed by atoms with E-state index >= 15 is 0 Å². The zero-order valence-electron chi connectivity index (χ0n) is 16.9. The van der Waals surface area contributed by atoms with Gasteiger partial charge in [0.2, 0.25) is 0 Å². The van der Waals surface area contributed by atoms with E-state index in [1.54, 1.807) is 13.2 Å². The van der Waals surface area contributed by atoms with E-state index in [-0.39, 0.29) is 11.1 Å². The number of nitrogens with one attached hydrogen (secondary N) is 1. The van der Waals surface area contributed by atoms with Crippen molar-refractivity contribution >= 4 is 28.9 Å². The summed E-state index contributed by atoms with van der Waals surface area (Å²) in [6.07, 6.45) is 2.42. The first-order valence-electron chi connectivity index (χ1n) is 9.37. The summed E-state index contributed by atoms with van der Waals surface area (Å²) < 4.78 is 7.53. The standard InChI is InChI=1S/C23H21N3O3S/c1-4-15-9-5-7-11-18(15)26-22(28)20(13-16-10-6-8-12-19(16)29-3)30-23(26)17(14-24)21(27)25-2/h5-13H,4H2,1-3H3,(H,25,27)/b20-13+,23-17-. The van der Waals surface area contributed by atoms with Crippen molar-refractivity contribution in [1.29, 1.82) is 5.26 Å². The van der Waals surface area contributed by atoms with Crippen molar-refractivity contribution in [2.24, 2.45) is 0 Å². The predicted molar refractivity (Wildman–Crippen MR) is 118 cm³/mol. The van der Waals surface area contributed by atoms with Crippen LogP contribution in [-0.4, -0.2) is 24.6 Å². The number of aromatic nitrogens is 1. The number of ether oxygens (including phenoxy) is 1. The van der Waals surface area contributed by atoms with Crippen molar-refractivity contribution < 1.29 is 9.53 Å². The van der Waals surface area contributed by atoms with Crippen LogP contribution in [0.25, 0.3) is 17.3 Å². The lowest BCUT2D eigenvalue weighted by atomic mass is 10.1. The lowest BCUT2D eigenvalue weighted by molar-refractivity contribution is -0.115. The van der Waals surface area contributed by atoms with Crippen LogP contribution in [0.2, 0.25) is 0 Å². The molecule has 3 rings (SSSR count). The van der Waals surface area contributed by atoms with E-state index in [1.165, 1.54) is 11.6 Å². The molecule has 0 saturated carbocycles. The number of methoxy groups -OCH3 is 1. The summed E-state index contributed by atoms with van der Waals surface area (Å²) in [5, 5.41) is 12.1. The molecule has 1 N–H and O–H groups in total. The van der Waals surface area contributed by atoms with E-state index in [9.17, 15) is 14.9 Å². The monoisotopic (exact) mass is 419 g/mol. The van der Waals surface area contributed by atoms with E-state index in [0.29, 0.717) is 27.1 Å². The first-order chi connectivity index (χ1) is 14.5. The molecular weight excluding hydrogens is 398 g/mol. The van der Waals surface area contributed by atoms with Crippen molar-refractivity contribution in [2.75, 3.05) is 14.2 Å². The second kappa shape index (κ2) is 9.25. The maximum absolute atomic E-state index is 13.4. The smallest absolute Gasteiger partial charge is 0.273 e. The van der Waals surface area contributed by atoms with Gasteiger partial charge in [0, 0.05) is 12.6 Å². The molecule has 0 saturated heterocycles. The number of para-hydroxylation sites is 2. The van der Waals surface area contributed by atoms with Gasteiger partial charge in [-0.2, -0.15) is 5.26 Å². The minimum atomic E-state index is -0.537. The molecule has 0 aliphatic carbocycles. The Morgan fingerprint density at radius 2 is 1.93 bits per heavy atom. The van der Waals surface area contributed by atoms with Crippen LogP contribution >= 0.6 is 11.3 Å². The molecule has 0 fully saturated rings. The molecule has 30 heavy (non-hydrogen) atoms. The summed E-state index contributed by atoms with van der Waals surface area (Å²) >= 11 is 1.11. The molecule has 0 bridgehead atoms. The Balaban J connectivity index is 2.47. The van der Waals surface area contributed by atoms with Gasteiger partial charge < -0.3 is 10.1 Å². The van der Waals surface area contributed by atoms with Crippen LogP contribution in [0.3, 0.4) is 0 Å². The lowest BCUT2D eigenvalue weighted by Gasteiger charge is -2.08. The topological polar surface area (TPSA) is 84.1 Å². The first kappa shape index (κ1) is 21.1. The van der Waals surface area contributed by atoms with Gasteiger partial charge >= 0.3 is 0 Å². The fraction of sp³-hybridized carbons (Fsp3) is 0.174. The van der Waals surface area contributed by atoms with Crippen LogP contribution in [0.1, 0.15) is 18.1 Å². The van der Waals surface area contributed by atoms with Crippen LogP contribution in [-0.2, 0) is 11.2 Å². The maximum atomic E-state index is 13.4. The number of aryl methyl sites for hydroxylation is 1. The molecule has 1 heterocycles. The molecule has 0 unspecified atom stereocenters. The van der Waals surface area contributed by atoms with E-state index in [1.807, 2.05) is 61.5 Å². The number of hydrogen-bond donors (Lipinski definition) is 1. The molecule has 0 aliphatic rings. The van der Waals surface area contributed by atoms with Gasteiger partial charge in [-0.3, -0.25) is 14.2 Å². The van der Waals surface area contributed by atoms with E-state index in [0.717, 1.165) is 22.5 Å². The molecule has 6 nitrogen and oxygen atoms in total. The lowest BCUT2D eigenvalue weighted by Crippen LogP contribution is -2.33. The third kappa shape index (κ3) is 3.91. The fourth-order valence-corrected chi connectivity index (χ4v) is 4.23. The predicted octanol–water partition coefficient (Wildman–Crippen LogP) is 1.72. The molecule has 3 aromatic rings. The second-order valence-electron chi connectivity index (χ2n) is 6.35.